The van der Waals surface area contributed by atoms with Crippen molar-refractivity contribution in [3.8, 4) is 5.75 Å². The maximum atomic E-state index is 12.9. The number of carbonyl (C=O) groups is 2. The highest BCUT2D eigenvalue weighted by molar-refractivity contribution is 6.10. The molecule has 1 saturated carbocycles. The van der Waals surface area contributed by atoms with E-state index in [9.17, 15) is 9.59 Å². The lowest BCUT2D eigenvalue weighted by Gasteiger charge is -2.58. The van der Waals surface area contributed by atoms with Crippen molar-refractivity contribution < 1.29 is 14.3 Å². The minimum Gasteiger partial charge on any atom is -0.425 e. The van der Waals surface area contributed by atoms with Crippen molar-refractivity contribution in [2.45, 2.75) is 18.8 Å². The minimum atomic E-state index is -1.02. The zero-order valence-electron chi connectivity index (χ0n) is 12.0. The third-order valence-corrected chi connectivity index (χ3v) is 5.56. The van der Waals surface area contributed by atoms with Gasteiger partial charge in [0, 0.05) is 30.0 Å². The summed E-state index contributed by atoms with van der Waals surface area (Å²) in [6.07, 6.45) is 2.55. The van der Waals surface area contributed by atoms with Gasteiger partial charge in [0.25, 0.3) is 0 Å². The number of nitrogens with zero attached hydrogens (tertiary/aromatic N) is 1. The van der Waals surface area contributed by atoms with Gasteiger partial charge < -0.3 is 9.64 Å². The van der Waals surface area contributed by atoms with Crippen LogP contribution in [0.15, 0.2) is 36.9 Å². The standard InChI is InChI=1S/C17H17NO3/c1-3-8-18-10-11-9-16(2)12-6-4-5-7-13(12)21-15(20)17(11,16)14(18)19/h3-7,11H,1,8-10H2,2H3. The van der Waals surface area contributed by atoms with E-state index in [0.717, 1.165) is 12.0 Å². The molecule has 1 aliphatic carbocycles. The maximum absolute atomic E-state index is 12.9. The molecule has 108 valence electrons. The molecule has 0 aromatic heterocycles. The molecule has 1 spiro atoms. The predicted octanol–water partition coefficient (Wildman–Crippen LogP) is 1.90. The molecule has 0 N–H and O–H groups in total. The van der Waals surface area contributed by atoms with Crippen LogP contribution in [0.3, 0.4) is 0 Å². The number of ether oxygens (including phenoxy) is 1. The Morgan fingerprint density at radius 3 is 2.95 bits per heavy atom. The molecule has 1 amide bonds. The molecule has 0 bridgehead atoms. The number of rotatable bonds is 2. The largest absolute Gasteiger partial charge is 0.425 e. The molecule has 3 unspecified atom stereocenters. The summed E-state index contributed by atoms with van der Waals surface area (Å²) in [6, 6.07) is 7.57. The van der Waals surface area contributed by atoms with Gasteiger partial charge in [-0.2, -0.15) is 0 Å². The van der Waals surface area contributed by atoms with E-state index in [0.29, 0.717) is 18.8 Å². The molecular weight excluding hydrogens is 266 g/mol. The topological polar surface area (TPSA) is 46.6 Å². The summed E-state index contributed by atoms with van der Waals surface area (Å²) in [6.45, 7) is 6.83. The summed E-state index contributed by atoms with van der Waals surface area (Å²) in [5, 5.41) is 0. The van der Waals surface area contributed by atoms with E-state index in [1.807, 2.05) is 25.1 Å². The molecule has 4 nitrogen and oxygen atoms in total. The first-order valence-electron chi connectivity index (χ1n) is 7.28. The Hall–Kier alpha value is -2.10. The first-order valence-corrected chi connectivity index (χ1v) is 7.28. The van der Waals surface area contributed by atoms with Crippen molar-refractivity contribution in [2.24, 2.45) is 11.3 Å². The first kappa shape index (κ1) is 12.6. The molecule has 2 aliphatic heterocycles. The van der Waals surface area contributed by atoms with Crippen LogP contribution in [-0.4, -0.2) is 29.9 Å². The molecule has 21 heavy (non-hydrogen) atoms. The monoisotopic (exact) mass is 283 g/mol. The molecule has 0 radical (unpaired) electrons. The number of para-hydroxylation sites is 1. The molecule has 2 heterocycles. The van der Waals surface area contributed by atoms with Crippen LogP contribution in [0.5, 0.6) is 5.75 Å². The van der Waals surface area contributed by atoms with Gasteiger partial charge in [-0.3, -0.25) is 9.59 Å². The predicted molar refractivity (Wildman–Crippen MR) is 76.7 cm³/mol. The lowest BCUT2D eigenvalue weighted by Crippen LogP contribution is -2.68. The number of fused-ring (bicyclic) bond motifs is 2. The quantitative estimate of drug-likeness (QED) is 0.360. The molecule has 3 atom stereocenters. The lowest BCUT2D eigenvalue weighted by atomic mass is 9.42. The van der Waals surface area contributed by atoms with Crippen molar-refractivity contribution in [3.63, 3.8) is 0 Å². The zero-order chi connectivity index (χ0) is 14.8. The third-order valence-electron chi connectivity index (χ3n) is 5.56. The number of esters is 1. The van der Waals surface area contributed by atoms with E-state index in [4.69, 9.17) is 4.74 Å². The van der Waals surface area contributed by atoms with Gasteiger partial charge in [-0.15, -0.1) is 6.58 Å². The van der Waals surface area contributed by atoms with Crippen LogP contribution >= 0.6 is 0 Å². The fraction of sp³-hybridized carbons (Fsp3) is 0.412. The summed E-state index contributed by atoms with van der Waals surface area (Å²) in [5.74, 6) is 0.178. The van der Waals surface area contributed by atoms with Crippen LogP contribution in [0.1, 0.15) is 18.9 Å². The van der Waals surface area contributed by atoms with Crippen LogP contribution < -0.4 is 4.74 Å². The van der Waals surface area contributed by atoms with Crippen LogP contribution in [0.2, 0.25) is 0 Å². The minimum absolute atomic E-state index is 0.0517. The second-order valence-electron chi connectivity index (χ2n) is 6.43. The molecule has 2 fully saturated rings. The van der Waals surface area contributed by atoms with Gasteiger partial charge in [0.2, 0.25) is 5.91 Å². The summed E-state index contributed by atoms with van der Waals surface area (Å²) in [5.41, 5.74) is -0.490. The fourth-order valence-corrected chi connectivity index (χ4v) is 4.64. The van der Waals surface area contributed by atoms with Crippen LogP contribution in [0.25, 0.3) is 0 Å². The van der Waals surface area contributed by atoms with Gasteiger partial charge in [-0.05, 0) is 12.5 Å². The Labute approximate surface area is 123 Å². The number of likely N-dealkylation sites (tertiary alicyclic amines) is 1. The SMILES string of the molecule is C=CCN1CC2CC3(C)c4ccccc4OC(=O)C23C1=O. The van der Waals surface area contributed by atoms with Crippen molar-refractivity contribution in [1.82, 2.24) is 4.90 Å². The van der Waals surface area contributed by atoms with E-state index >= 15 is 0 Å². The Morgan fingerprint density at radius 1 is 1.43 bits per heavy atom. The Kier molecular flexibility index (Phi) is 2.26. The average molecular weight is 283 g/mol. The highest BCUT2D eigenvalue weighted by Crippen LogP contribution is 2.68. The number of carbonyl (C=O) groups excluding carboxylic acids is 2. The van der Waals surface area contributed by atoms with Crippen LogP contribution in [0.4, 0.5) is 0 Å². The van der Waals surface area contributed by atoms with Crippen molar-refractivity contribution in [2.75, 3.05) is 13.1 Å². The third kappa shape index (κ3) is 1.18. The number of hydrogen-bond donors (Lipinski definition) is 0. The number of hydrogen-bond acceptors (Lipinski definition) is 3. The summed E-state index contributed by atoms with van der Waals surface area (Å²) in [4.78, 5) is 27.3. The van der Waals surface area contributed by atoms with Gasteiger partial charge in [0.15, 0.2) is 5.41 Å². The molecule has 4 rings (SSSR count). The average Bonchev–Trinajstić information content (AvgIpc) is 2.66. The molecule has 3 aliphatic rings. The van der Waals surface area contributed by atoms with Gasteiger partial charge in [-0.1, -0.05) is 31.2 Å². The molecule has 1 saturated heterocycles. The Bertz CT molecular complexity index is 682. The number of amides is 1. The van der Waals surface area contributed by atoms with Gasteiger partial charge >= 0.3 is 5.97 Å². The second-order valence-corrected chi connectivity index (χ2v) is 6.43. The second kappa shape index (κ2) is 3.75. The van der Waals surface area contributed by atoms with E-state index in [-0.39, 0.29) is 17.8 Å². The summed E-state index contributed by atoms with van der Waals surface area (Å²) in [7, 11) is 0. The summed E-state index contributed by atoms with van der Waals surface area (Å²) < 4.78 is 5.52. The zero-order valence-corrected chi connectivity index (χ0v) is 12.0. The normalized spacial score (nSPS) is 36.2. The van der Waals surface area contributed by atoms with Crippen molar-refractivity contribution in [1.29, 1.82) is 0 Å². The molecule has 1 aromatic rings. The van der Waals surface area contributed by atoms with E-state index in [1.165, 1.54) is 0 Å². The summed E-state index contributed by atoms with van der Waals surface area (Å²) >= 11 is 0. The first-order chi connectivity index (χ1) is 10.1. The van der Waals surface area contributed by atoms with Crippen LogP contribution in [-0.2, 0) is 15.0 Å². The fourth-order valence-electron chi connectivity index (χ4n) is 4.64. The lowest BCUT2D eigenvalue weighted by molar-refractivity contribution is -0.177. The van der Waals surface area contributed by atoms with Gasteiger partial charge in [0.05, 0.1) is 0 Å². The Morgan fingerprint density at radius 2 is 2.19 bits per heavy atom. The smallest absolute Gasteiger partial charge is 0.328 e. The highest BCUT2D eigenvalue weighted by Gasteiger charge is 2.78. The number of benzene rings is 1. The van der Waals surface area contributed by atoms with Gasteiger partial charge in [0.1, 0.15) is 5.75 Å². The van der Waals surface area contributed by atoms with Crippen molar-refractivity contribution >= 4 is 11.9 Å². The van der Waals surface area contributed by atoms with Gasteiger partial charge in [-0.25, -0.2) is 0 Å². The Balaban J connectivity index is 1.88. The van der Waals surface area contributed by atoms with E-state index in [1.54, 1.807) is 17.0 Å². The molecule has 1 aromatic carbocycles. The van der Waals surface area contributed by atoms with Crippen LogP contribution in [0, 0.1) is 11.3 Å². The van der Waals surface area contributed by atoms with E-state index < -0.39 is 10.8 Å². The van der Waals surface area contributed by atoms with Crippen molar-refractivity contribution in [3.05, 3.63) is 42.5 Å². The molecular formula is C17H17NO3. The maximum Gasteiger partial charge on any atom is 0.328 e. The molecule has 4 heteroatoms. The van der Waals surface area contributed by atoms with E-state index in [2.05, 4.69) is 6.58 Å². The highest BCUT2D eigenvalue weighted by atomic mass is 16.5.